The maximum atomic E-state index is 11.4. The summed E-state index contributed by atoms with van der Waals surface area (Å²) in [6.07, 6.45) is 2.27. The Labute approximate surface area is 77.7 Å². The molecule has 0 radical (unpaired) electrons. The highest BCUT2D eigenvalue weighted by Gasteiger charge is 2.21. The van der Waals surface area contributed by atoms with Crippen LogP contribution in [0.2, 0.25) is 0 Å². The van der Waals surface area contributed by atoms with Crippen molar-refractivity contribution >= 4 is 5.97 Å². The van der Waals surface area contributed by atoms with Crippen LogP contribution in [0.1, 0.15) is 31.9 Å². The summed E-state index contributed by atoms with van der Waals surface area (Å²) < 4.78 is 10.1. The lowest BCUT2D eigenvalue weighted by Gasteiger charge is -2.09. The monoisotopic (exact) mass is 182 g/mol. The van der Waals surface area contributed by atoms with Gasteiger partial charge in [0.05, 0.1) is 12.9 Å². The van der Waals surface area contributed by atoms with Crippen LogP contribution in [-0.4, -0.2) is 12.6 Å². The van der Waals surface area contributed by atoms with Gasteiger partial charge in [0, 0.05) is 0 Å². The highest BCUT2D eigenvalue weighted by Crippen LogP contribution is 2.21. The first-order chi connectivity index (χ1) is 6.29. The van der Waals surface area contributed by atoms with Crippen LogP contribution >= 0.6 is 0 Å². The number of esters is 1. The van der Waals surface area contributed by atoms with Gasteiger partial charge in [0.25, 0.3) is 0 Å². The minimum absolute atomic E-state index is 0.208. The molecule has 0 aliphatic heterocycles. The van der Waals surface area contributed by atoms with E-state index in [-0.39, 0.29) is 11.9 Å². The number of carbonyl (C=O) groups is 1. The summed E-state index contributed by atoms with van der Waals surface area (Å²) in [4.78, 5) is 11.4. The van der Waals surface area contributed by atoms with Crippen molar-refractivity contribution in [1.82, 2.24) is 0 Å². The molecule has 0 fully saturated rings. The smallest absolute Gasteiger partial charge is 0.316 e. The van der Waals surface area contributed by atoms with Gasteiger partial charge in [-0.15, -0.1) is 0 Å². The third-order valence-electron chi connectivity index (χ3n) is 1.87. The molecule has 1 unspecified atom stereocenters. The Hall–Kier alpha value is -1.25. The average molecular weight is 182 g/mol. The Morgan fingerprint density at radius 2 is 2.38 bits per heavy atom. The molecule has 0 saturated carbocycles. The first kappa shape index (κ1) is 9.84. The highest BCUT2D eigenvalue weighted by atomic mass is 16.5. The van der Waals surface area contributed by atoms with Crippen molar-refractivity contribution in [2.24, 2.45) is 0 Å². The molecule has 1 heterocycles. The normalized spacial score (nSPS) is 12.5. The van der Waals surface area contributed by atoms with Gasteiger partial charge in [-0.05, 0) is 25.5 Å². The zero-order chi connectivity index (χ0) is 9.68. The molecular formula is C10H14O3. The number of furan rings is 1. The first-order valence-electron chi connectivity index (χ1n) is 4.49. The van der Waals surface area contributed by atoms with Crippen LogP contribution in [0, 0.1) is 0 Å². The standard InChI is InChI=1S/C10H14O3/c1-3-8(10(11)12-4-2)9-6-5-7-13-9/h5-8H,3-4H2,1-2H3. The van der Waals surface area contributed by atoms with Crippen molar-refractivity contribution < 1.29 is 13.9 Å². The van der Waals surface area contributed by atoms with Crippen molar-refractivity contribution in [1.29, 1.82) is 0 Å². The largest absolute Gasteiger partial charge is 0.468 e. The molecule has 3 nitrogen and oxygen atoms in total. The molecule has 0 spiro atoms. The molecule has 0 aromatic carbocycles. The summed E-state index contributed by atoms with van der Waals surface area (Å²) in [7, 11) is 0. The Morgan fingerprint density at radius 1 is 1.62 bits per heavy atom. The zero-order valence-electron chi connectivity index (χ0n) is 7.95. The molecule has 3 heteroatoms. The number of hydrogen-bond donors (Lipinski definition) is 0. The minimum atomic E-state index is -0.255. The summed E-state index contributed by atoms with van der Waals surface area (Å²) in [5.74, 6) is 0.218. The van der Waals surface area contributed by atoms with Crippen LogP contribution < -0.4 is 0 Å². The second-order valence-electron chi connectivity index (χ2n) is 2.73. The van der Waals surface area contributed by atoms with Crippen LogP contribution in [0.25, 0.3) is 0 Å². The van der Waals surface area contributed by atoms with E-state index in [0.29, 0.717) is 18.8 Å². The lowest BCUT2D eigenvalue weighted by Crippen LogP contribution is -2.14. The van der Waals surface area contributed by atoms with E-state index >= 15 is 0 Å². The van der Waals surface area contributed by atoms with Crippen molar-refractivity contribution in [3.63, 3.8) is 0 Å². The van der Waals surface area contributed by atoms with E-state index in [9.17, 15) is 4.79 Å². The second-order valence-corrected chi connectivity index (χ2v) is 2.73. The number of carbonyl (C=O) groups excluding carboxylic acids is 1. The fourth-order valence-electron chi connectivity index (χ4n) is 1.22. The first-order valence-corrected chi connectivity index (χ1v) is 4.49. The Morgan fingerprint density at radius 3 is 2.85 bits per heavy atom. The van der Waals surface area contributed by atoms with E-state index in [1.165, 1.54) is 0 Å². The molecule has 0 saturated heterocycles. The highest BCUT2D eigenvalue weighted by molar-refractivity contribution is 5.77. The molecule has 1 rings (SSSR count). The molecule has 1 aromatic heterocycles. The van der Waals surface area contributed by atoms with Crippen molar-refractivity contribution in [2.75, 3.05) is 6.61 Å². The maximum Gasteiger partial charge on any atom is 0.316 e. The molecule has 0 bridgehead atoms. The van der Waals surface area contributed by atoms with Gasteiger partial charge in [0.15, 0.2) is 0 Å². The SMILES string of the molecule is CCOC(=O)C(CC)c1ccco1. The summed E-state index contributed by atoms with van der Waals surface area (Å²) in [5, 5.41) is 0. The predicted octanol–water partition coefficient (Wildman–Crippen LogP) is 2.34. The molecule has 0 N–H and O–H groups in total. The van der Waals surface area contributed by atoms with Crippen molar-refractivity contribution in [2.45, 2.75) is 26.2 Å². The van der Waals surface area contributed by atoms with Gasteiger partial charge in [0.2, 0.25) is 0 Å². The number of hydrogen-bond acceptors (Lipinski definition) is 3. The van der Waals surface area contributed by atoms with Crippen LogP contribution in [-0.2, 0) is 9.53 Å². The van der Waals surface area contributed by atoms with E-state index in [2.05, 4.69) is 0 Å². The molecule has 0 aliphatic carbocycles. The third kappa shape index (κ3) is 2.34. The van der Waals surface area contributed by atoms with Gasteiger partial charge in [0.1, 0.15) is 11.7 Å². The zero-order valence-corrected chi connectivity index (χ0v) is 7.95. The van der Waals surface area contributed by atoms with Crippen LogP contribution in [0.3, 0.4) is 0 Å². The van der Waals surface area contributed by atoms with Gasteiger partial charge in [-0.2, -0.15) is 0 Å². The molecule has 72 valence electrons. The molecule has 0 aliphatic rings. The van der Waals surface area contributed by atoms with Gasteiger partial charge in [-0.1, -0.05) is 6.92 Å². The molecule has 1 atom stereocenters. The third-order valence-corrected chi connectivity index (χ3v) is 1.87. The van der Waals surface area contributed by atoms with Crippen LogP contribution in [0.15, 0.2) is 22.8 Å². The fraction of sp³-hybridized carbons (Fsp3) is 0.500. The quantitative estimate of drug-likeness (QED) is 0.671. The van der Waals surface area contributed by atoms with E-state index in [0.717, 1.165) is 0 Å². The van der Waals surface area contributed by atoms with E-state index < -0.39 is 0 Å². The van der Waals surface area contributed by atoms with Gasteiger partial charge in [-0.3, -0.25) is 4.79 Å². The molecule has 13 heavy (non-hydrogen) atoms. The second kappa shape index (κ2) is 4.70. The summed E-state index contributed by atoms with van der Waals surface area (Å²) in [6.45, 7) is 4.15. The van der Waals surface area contributed by atoms with Gasteiger partial charge >= 0.3 is 5.97 Å². The van der Waals surface area contributed by atoms with Gasteiger partial charge < -0.3 is 9.15 Å². The topological polar surface area (TPSA) is 39.4 Å². The molecule has 1 aromatic rings. The van der Waals surface area contributed by atoms with Gasteiger partial charge in [-0.25, -0.2) is 0 Å². The van der Waals surface area contributed by atoms with Crippen molar-refractivity contribution in [3.05, 3.63) is 24.2 Å². The molecule has 0 amide bonds. The Bertz CT molecular complexity index is 251. The van der Waals surface area contributed by atoms with Crippen molar-refractivity contribution in [3.8, 4) is 0 Å². The maximum absolute atomic E-state index is 11.4. The summed E-state index contributed by atoms with van der Waals surface area (Å²) in [6, 6.07) is 3.57. The average Bonchev–Trinajstić information content (AvgIpc) is 2.59. The summed E-state index contributed by atoms with van der Waals surface area (Å²) >= 11 is 0. The fourth-order valence-corrected chi connectivity index (χ4v) is 1.22. The number of ether oxygens (including phenoxy) is 1. The lowest BCUT2D eigenvalue weighted by atomic mass is 10.0. The van der Waals surface area contributed by atoms with E-state index in [4.69, 9.17) is 9.15 Å². The Balaban J connectivity index is 2.68. The summed E-state index contributed by atoms with van der Waals surface area (Å²) in [5.41, 5.74) is 0. The minimum Gasteiger partial charge on any atom is -0.468 e. The number of rotatable bonds is 4. The lowest BCUT2D eigenvalue weighted by molar-refractivity contribution is -0.145. The predicted molar refractivity (Wildman–Crippen MR) is 48.4 cm³/mol. The van der Waals surface area contributed by atoms with Crippen LogP contribution in [0.5, 0.6) is 0 Å². The van der Waals surface area contributed by atoms with Crippen LogP contribution in [0.4, 0.5) is 0 Å². The molecular weight excluding hydrogens is 168 g/mol. The van der Waals surface area contributed by atoms with E-state index in [1.807, 2.05) is 6.92 Å². The van der Waals surface area contributed by atoms with E-state index in [1.54, 1.807) is 25.3 Å². The Kier molecular flexibility index (Phi) is 3.55.